The molecule has 0 radical (unpaired) electrons. The first-order valence-electron chi connectivity index (χ1n) is 6.29. The van der Waals surface area contributed by atoms with Crippen molar-refractivity contribution < 1.29 is 14.3 Å². The molecule has 102 valence electrons. The maximum Gasteiger partial charge on any atom is 0.335 e. The molecule has 0 amide bonds. The molecule has 0 bridgehead atoms. The molecule has 0 atom stereocenters. The van der Waals surface area contributed by atoms with Crippen LogP contribution in [0.5, 0.6) is 0 Å². The highest BCUT2D eigenvalue weighted by Gasteiger charge is 2.09. The van der Waals surface area contributed by atoms with Gasteiger partial charge in [0, 0.05) is 6.54 Å². The first-order chi connectivity index (χ1) is 9.20. The van der Waals surface area contributed by atoms with Gasteiger partial charge >= 0.3 is 5.97 Å². The minimum Gasteiger partial charge on any atom is -0.478 e. The summed E-state index contributed by atoms with van der Waals surface area (Å²) >= 11 is 0. The Bertz CT molecular complexity index is 565. The number of benzene rings is 1. The molecule has 19 heavy (non-hydrogen) atoms. The zero-order valence-corrected chi connectivity index (χ0v) is 10.8. The predicted molar refractivity (Wildman–Crippen MR) is 72.6 cm³/mol. The summed E-state index contributed by atoms with van der Waals surface area (Å²) in [6, 6.07) is 5.07. The number of carbonyl (C=O) groups is 1. The molecule has 3 N–H and O–H groups in total. The fourth-order valence-electron chi connectivity index (χ4n) is 1.72. The maximum absolute atomic E-state index is 10.8. The van der Waals surface area contributed by atoms with Crippen LogP contribution >= 0.6 is 0 Å². The number of anilines is 1. The Morgan fingerprint density at radius 2 is 2.26 bits per heavy atom. The lowest BCUT2D eigenvalue weighted by Gasteiger charge is -2.01. The van der Waals surface area contributed by atoms with Crippen molar-refractivity contribution in [3.8, 4) is 0 Å². The van der Waals surface area contributed by atoms with Crippen molar-refractivity contribution in [2.45, 2.75) is 13.3 Å². The molecule has 0 saturated carbocycles. The van der Waals surface area contributed by atoms with Crippen molar-refractivity contribution in [1.82, 2.24) is 10.3 Å². The Labute approximate surface area is 110 Å². The Hall–Kier alpha value is -2.08. The predicted octanol–water partition coefficient (Wildman–Crippen LogP) is 1.94. The summed E-state index contributed by atoms with van der Waals surface area (Å²) in [7, 11) is 0. The summed E-state index contributed by atoms with van der Waals surface area (Å²) in [5, 5.41) is 15.2. The molecule has 0 aliphatic heterocycles. The van der Waals surface area contributed by atoms with E-state index in [1.165, 1.54) is 12.1 Å². The van der Waals surface area contributed by atoms with Gasteiger partial charge in [0.05, 0.1) is 5.56 Å². The van der Waals surface area contributed by atoms with E-state index in [0.717, 1.165) is 26.1 Å². The molecule has 0 aliphatic rings. The van der Waals surface area contributed by atoms with Gasteiger partial charge in [-0.1, -0.05) is 6.92 Å². The number of aromatic carboxylic acids is 1. The van der Waals surface area contributed by atoms with Gasteiger partial charge in [-0.15, -0.1) is 0 Å². The van der Waals surface area contributed by atoms with Crippen LogP contribution in [0.2, 0.25) is 0 Å². The van der Waals surface area contributed by atoms with E-state index in [0.29, 0.717) is 17.1 Å². The van der Waals surface area contributed by atoms with Gasteiger partial charge in [0.25, 0.3) is 6.01 Å². The summed E-state index contributed by atoms with van der Waals surface area (Å²) < 4.78 is 5.46. The molecule has 0 aliphatic carbocycles. The van der Waals surface area contributed by atoms with Crippen LogP contribution in [0.3, 0.4) is 0 Å². The van der Waals surface area contributed by atoms with Gasteiger partial charge < -0.3 is 20.2 Å². The van der Waals surface area contributed by atoms with Gasteiger partial charge in [0.1, 0.15) is 5.52 Å². The summed E-state index contributed by atoms with van der Waals surface area (Å²) in [6.07, 6.45) is 0.965. The van der Waals surface area contributed by atoms with E-state index in [-0.39, 0.29) is 5.56 Å². The van der Waals surface area contributed by atoms with Crippen LogP contribution in [0.25, 0.3) is 11.1 Å². The van der Waals surface area contributed by atoms with Gasteiger partial charge in [-0.25, -0.2) is 4.79 Å². The number of nitrogens with one attached hydrogen (secondary N) is 2. The smallest absolute Gasteiger partial charge is 0.335 e. The molecule has 2 rings (SSSR count). The van der Waals surface area contributed by atoms with Gasteiger partial charge in [-0.3, -0.25) is 0 Å². The van der Waals surface area contributed by atoms with Crippen molar-refractivity contribution in [2.75, 3.05) is 25.0 Å². The van der Waals surface area contributed by atoms with E-state index < -0.39 is 5.97 Å². The quantitative estimate of drug-likeness (QED) is 0.662. The lowest BCUT2D eigenvalue weighted by Crippen LogP contribution is -2.17. The minimum atomic E-state index is -0.974. The van der Waals surface area contributed by atoms with E-state index >= 15 is 0 Å². The second kappa shape index (κ2) is 6.19. The van der Waals surface area contributed by atoms with Crippen LogP contribution in [0.15, 0.2) is 22.6 Å². The topological polar surface area (TPSA) is 87.4 Å². The summed E-state index contributed by atoms with van der Waals surface area (Å²) in [4.78, 5) is 15.1. The molecule has 0 unspecified atom stereocenters. The number of hydrogen-bond acceptors (Lipinski definition) is 5. The summed E-state index contributed by atoms with van der Waals surface area (Å²) in [5.41, 5.74) is 1.33. The third-order valence-corrected chi connectivity index (χ3v) is 2.69. The highest BCUT2D eigenvalue weighted by molar-refractivity contribution is 5.92. The first kappa shape index (κ1) is 13.4. The van der Waals surface area contributed by atoms with Gasteiger partial charge in [0.2, 0.25) is 0 Å². The highest BCUT2D eigenvalue weighted by atomic mass is 16.4. The van der Waals surface area contributed by atoms with E-state index in [4.69, 9.17) is 9.52 Å². The Kier molecular flexibility index (Phi) is 4.35. The van der Waals surface area contributed by atoms with Gasteiger partial charge in [-0.05, 0) is 37.7 Å². The summed E-state index contributed by atoms with van der Waals surface area (Å²) in [5.74, 6) is -0.974. The maximum atomic E-state index is 10.8. The molecule has 1 heterocycles. The molecule has 0 spiro atoms. The number of carboxylic acids is 1. The van der Waals surface area contributed by atoms with Crippen molar-refractivity contribution >= 4 is 23.1 Å². The van der Waals surface area contributed by atoms with Crippen LogP contribution in [0.1, 0.15) is 23.7 Å². The normalized spacial score (nSPS) is 10.8. The SMILES string of the molecule is CCNCCCNc1nc2ccc(C(=O)O)cc2o1. The third-order valence-electron chi connectivity index (χ3n) is 2.69. The van der Waals surface area contributed by atoms with E-state index in [9.17, 15) is 4.79 Å². The second-order valence-electron chi connectivity index (χ2n) is 4.14. The number of aromatic nitrogens is 1. The van der Waals surface area contributed by atoms with E-state index in [2.05, 4.69) is 22.5 Å². The van der Waals surface area contributed by atoms with Crippen molar-refractivity contribution in [2.24, 2.45) is 0 Å². The zero-order chi connectivity index (χ0) is 13.7. The van der Waals surface area contributed by atoms with Crippen molar-refractivity contribution in [3.63, 3.8) is 0 Å². The zero-order valence-electron chi connectivity index (χ0n) is 10.8. The number of carboxylic acid groups (broad SMARTS) is 1. The number of oxazole rings is 1. The lowest BCUT2D eigenvalue weighted by molar-refractivity contribution is 0.0697. The van der Waals surface area contributed by atoms with Crippen LogP contribution in [-0.2, 0) is 0 Å². The molecular formula is C13H17N3O3. The molecule has 6 nitrogen and oxygen atoms in total. The van der Waals surface area contributed by atoms with Gasteiger partial charge in [-0.2, -0.15) is 4.98 Å². The monoisotopic (exact) mass is 263 g/mol. The average molecular weight is 263 g/mol. The molecule has 0 saturated heterocycles. The Balaban J connectivity index is 1.99. The molecule has 1 aromatic carbocycles. The molecule has 1 aromatic heterocycles. The standard InChI is InChI=1S/C13H17N3O3/c1-2-14-6-3-7-15-13-16-10-5-4-9(12(17)18)8-11(10)19-13/h4-5,8,14H,2-3,6-7H2,1H3,(H,15,16)(H,17,18). The summed E-state index contributed by atoms with van der Waals surface area (Å²) in [6.45, 7) is 4.72. The van der Waals surface area contributed by atoms with Crippen LogP contribution in [0, 0.1) is 0 Å². The van der Waals surface area contributed by atoms with E-state index in [1.54, 1.807) is 6.07 Å². The molecule has 0 fully saturated rings. The second-order valence-corrected chi connectivity index (χ2v) is 4.14. The first-order valence-corrected chi connectivity index (χ1v) is 6.29. The lowest BCUT2D eigenvalue weighted by atomic mass is 10.2. The number of rotatable bonds is 7. The third kappa shape index (κ3) is 3.45. The fraction of sp³-hybridized carbons (Fsp3) is 0.385. The Morgan fingerprint density at radius 1 is 1.42 bits per heavy atom. The van der Waals surface area contributed by atoms with Crippen LogP contribution < -0.4 is 10.6 Å². The average Bonchev–Trinajstić information content (AvgIpc) is 2.80. The van der Waals surface area contributed by atoms with Crippen molar-refractivity contribution in [3.05, 3.63) is 23.8 Å². The van der Waals surface area contributed by atoms with Crippen molar-refractivity contribution in [1.29, 1.82) is 0 Å². The van der Waals surface area contributed by atoms with Crippen LogP contribution in [0.4, 0.5) is 6.01 Å². The fourth-order valence-corrected chi connectivity index (χ4v) is 1.72. The van der Waals surface area contributed by atoms with E-state index in [1.807, 2.05) is 0 Å². The largest absolute Gasteiger partial charge is 0.478 e. The molecule has 2 aromatic rings. The number of fused-ring (bicyclic) bond motifs is 1. The Morgan fingerprint density at radius 3 is 3.00 bits per heavy atom. The minimum absolute atomic E-state index is 0.197. The van der Waals surface area contributed by atoms with Gasteiger partial charge in [0.15, 0.2) is 5.58 Å². The molecular weight excluding hydrogens is 246 g/mol. The number of nitrogens with zero attached hydrogens (tertiary/aromatic N) is 1. The van der Waals surface area contributed by atoms with Crippen LogP contribution in [-0.4, -0.2) is 35.7 Å². The number of hydrogen-bond donors (Lipinski definition) is 3. The highest BCUT2D eigenvalue weighted by Crippen LogP contribution is 2.20. The molecule has 6 heteroatoms.